The van der Waals surface area contributed by atoms with E-state index >= 15 is 0 Å². The van der Waals surface area contributed by atoms with Crippen LogP contribution in [0.2, 0.25) is 0 Å². The molecule has 26 heavy (non-hydrogen) atoms. The first-order valence-corrected chi connectivity index (χ1v) is 9.23. The van der Waals surface area contributed by atoms with Crippen LogP contribution in [-0.4, -0.2) is 22.7 Å². The maximum absolute atomic E-state index is 10.7. The van der Waals surface area contributed by atoms with Crippen LogP contribution in [0, 0.1) is 6.92 Å². The van der Waals surface area contributed by atoms with Gasteiger partial charge in [-0.1, -0.05) is 84.9 Å². The fourth-order valence-corrected chi connectivity index (χ4v) is 3.30. The molecule has 0 radical (unpaired) electrons. The van der Waals surface area contributed by atoms with E-state index in [-0.39, 0.29) is 6.10 Å². The van der Waals surface area contributed by atoms with Gasteiger partial charge in [-0.05, 0) is 35.6 Å². The Morgan fingerprint density at radius 1 is 0.731 bits per heavy atom. The van der Waals surface area contributed by atoms with Gasteiger partial charge >= 0.3 is 0 Å². The molecule has 0 aliphatic heterocycles. The molecule has 0 fully saturated rings. The van der Waals surface area contributed by atoms with Crippen molar-refractivity contribution in [2.24, 2.45) is 0 Å². The lowest BCUT2D eigenvalue weighted by atomic mass is 10.1. The van der Waals surface area contributed by atoms with Crippen molar-refractivity contribution in [1.29, 1.82) is 0 Å². The minimum absolute atomic E-state index is 0.384. The maximum atomic E-state index is 10.7. The zero-order chi connectivity index (χ0) is 18.2. The summed E-state index contributed by atoms with van der Waals surface area (Å²) in [6, 6.07) is 29.2. The van der Waals surface area contributed by atoms with Crippen LogP contribution in [0.25, 0.3) is 0 Å². The molecule has 1 atom stereocenters. The highest BCUT2D eigenvalue weighted by Gasteiger charge is 2.14. The lowest BCUT2D eigenvalue weighted by Gasteiger charge is -2.26. The van der Waals surface area contributed by atoms with Crippen molar-refractivity contribution in [3.05, 3.63) is 107 Å². The van der Waals surface area contributed by atoms with E-state index in [1.54, 1.807) is 0 Å². The summed E-state index contributed by atoms with van der Waals surface area (Å²) in [6.45, 7) is 4.48. The summed E-state index contributed by atoms with van der Waals surface area (Å²) in [5, 5.41) is 10.7. The number of hydrogen-bond donors (Lipinski definition) is 1. The van der Waals surface area contributed by atoms with E-state index in [1.807, 2.05) is 24.3 Å². The highest BCUT2D eigenvalue weighted by molar-refractivity contribution is 5.26. The van der Waals surface area contributed by atoms with Crippen LogP contribution in [-0.2, 0) is 19.5 Å². The normalized spacial score (nSPS) is 12.3. The van der Waals surface area contributed by atoms with Gasteiger partial charge in [0.2, 0.25) is 0 Å². The molecule has 0 aliphatic carbocycles. The van der Waals surface area contributed by atoms with E-state index in [9.17, 15) is 5.11 Å². The van der Waals surface area contributed by atoms with Gasteiger partial charge in [0, 0.05) is 19.6 Å². The van der Waals surface area contributed by atoms with E-state index in [2.05, 4.69) is 72.5 Å². The minimum Gasteiger partial charge on any atom is -0.391 e. The second kappa shape index (κ2) is 9.33. The first-order chi connectivity index (χ1) is 12.7. The second-order valence-corrected chi connectivity index (χ2v) is 6.93. The Bertz CT molecular complexity index is 786. The van der Waals surface area contributed by atoms with Gasteiger partial charge in [-0.3, -0.25) is 4.90 Å². The summed E-state index contributed by atoms with van der Waals surface area (Å²) in [4.78, 5) is 2.34. The predicted octanol–water partition coefficient (Wildman–Crippen LogP) is 4.60. The second-order valence-electron chi connectivity index (χ2n) is 6.93. The maximum Gasteiger partial charge on any atom is 0.0707 e. The molecule has 0 aliphatic rings. The van der Waals surface area contributed by atoms with Gasteiger partial charge in [-0.25, -0.2) is 0 Å². The highest BCUT2D eigenvalue weighted by Crippen LogP contribution is 2.15. The van der Waals surface area contributed by atoms with Crippen LogP contribution in [0.1, 0.15) is 22.3 Å². The van der Waals surface area contributed by atoms with Crippen molar-refractivity contribution in [3.63, 3.8) is 0 Å². The first-order valence-electron chi connectivity index (χ1n) is 9.23. The number of hydrogen-bond acceptors (Lipinski definition) is 2. The molecule has 0 aromatic heterocycles. The van der Waals surface area contributed by atoms with Crippen LogP contribution < -0.4 is 0 Å². The SMILES string of the molecule is Cc1ccccc1CN(Cc1ccccc1)C[C@H](O)Cc1ccccc1. The van der Waals surface area contributed by atoms with Gasteiger partial charge in [0.15, 0.2) is 0 Å². The van der Waals surface area contributed by atoms with Gasteiger partial charge in [-0.2, -0.15) is 0 Å². The molecule has 0 spiro atoms. The molecule has 2 nitrogen and oxygen atoms in total. The standard InChI is InChI=1S/C24H27NO/c1-20-10-8-9-15-23(20)18-25(17-22-13-6-3-7-14-22)19-24(26)16-21-11-4-2-5-12-21/h2-15,24,26H,16-19H2,1H3/t24-/m1/s1. The Balaban J connectivity index is 1.70. The van der Waals surface area contributed by atoms with Crippen LogP contribution in [0.5, 0.6) is 0 Å². The van der Waals surface area contributed by atoms with E-state index in [1.165, 1.54) is 22.3 Å². The fourth-order valence-electron chi connectivity index (χ4n) is 3.30. The number of nitrogens with zero attached hydrogens (tertiary/aromatic N) is 1. The fraction of sp³-hybridized carbons (Fsp3) is 0.250. The highest BCUT2D eigenvalue weighted by atomic mass is 16.3. The van der Waals surface area contributed by atoms with Crippen molar-refractivity contribution < 1.29 is 5.11 Å². The zero-order valence-electron chi connectivity index (χ0n) is 15.4. The van der Waals surface area contributed by atoms with Crippen molar-refractivity contribution in [2.75, 3.05) is 6.54 Å². The molecular weight excluding hydrogens is 318 g/mol. The van der Waals surface area contributed by atoms with Crippen molar-refractivity contribution in [1.82, 2.24) is 4.90 Å². The molecule has 0 bridgehead atoms. The number of aliphatic hydroxyl groups is 1. The van der Waals surface area contributed by atoms with Crippen LogP contribution in [0.4, 0.5) is 0 Å². The van der Waals surface area contributed by atoms with Crippen molar-refractivity contribution in [2.45, 2.75) is 32.5 Å². The average molecular weight is 345 g/mol. The first kappa shape index (κ1) is 18.4. The molecule has 0 saturated heterocycles. The molecule has 3 aromatic rings. The summed E-state index contributed by atoms with van der Waals surface area (Å²) in [5.41, 5.74) is 5.06. The molecule has 3 aromatic carbocycles. The summed E-state index contributed by atoms with van der Waals surface area (Å²) < 4.78 is 0. The van der Waals surface area contributed by atoms with E-state index in [0.717, 1.165) is 13.1 Å². The lowest BCUT2D eigenvalue weighted by Crippen LogP contribution is -2.33. The third kappa shape index (κ3) is 5.55. The number of aliphatic hydroxyl groups excluding tert-OH is 1. The molecule has 0 amide bonds. The molecule has 2 heteroatoms. The van der Waals surface area contributed by atoms with Gasteiger partial charge in [0.05, 0.1) is 6.10 Å². The summed E-state index contributed by atoms with van der Waals surface area (Å²) in [7, 11) is 0. The summed E-state index contributed by atoms with van der Waals surface area (Å²) >= 11 is 0. The third-order valence-electron chi connectivity index (χ3n) is 4.69. The van der Waals surface area contributed by atoms with Gasteiger partial charge in [0.1, 0.15) is 0 Å². The van der Waals surface area contributed by atoms with Crippen LogP contribution in [0.3, 0.4) is 0 Å². The van der Waals surface area contributed by atoms with E-state index < -0.39 is 0 Å². The molecule has 1 N–H and O–H groups in total. The Morgan fingerprint density at radius 2 is 1.31 bits per heavy atom. The Morgan fingerprint density at radius 3 is 1.96 bits per heavy atom. The Kier molecular flexibility index (Phi) is 6.59. The predicted molar refractivity (Wildman–Crippen MR) is 108 cm³/mol. The largest absolute Gasteiger partial charge is 0.391 e. The topological polar surface area (TPSA) is 23.5 Å². The Hall–Kier alpha value is -2.42. The number of benzene rings is 3. The quantitative estimate of drug-likeness (QED) is 0.645. The molecule has 0 heterocycles. The molecule has 0 unspecified atom stereocenters. The molecule has 3 rings (SSSR count). The minimum atomic E-state index is -0.384. The van der Waals surface area contributed by atoms with Crippen LogP contribution >= 0.6 is 0 Å². The molecule has 0 saturated carbocycles. The van der Waals surface area contributed by atoms with Gasteiger partial charge in [-0.15, -0.1) is 0 Å². The van der Waals surface area contributed by atoms with Crippen LogP contribution in [0.15, 0.2) is 84.9 Å². The third-order valence-corrected chi connectivity index (χ3v) is 4.69. The van der Waals surface area contributed by atoms with E-state index in [4.69, 9.17) is 0 Å². The average Bonchev–Trinajstić information content (AvgIpc) is 2.65. The zero-order valence-corrected chi connectivity index (χ0v) is 15.4. The smallest absolute Gasteiger partial charge is 0.0707 e. The van der Waals surface area contributed by atoms with Crippen molar-refractivity contribution >= 4 is 0 Å². The monoisotopic (exact) mass is 345 g/mol. The van der Waals surface area contributed by atoms with Gasteiger partial charge in [0.25, 0.3) is 0 Å². The number of rotatable bonds is 8. The van der Waals surface area contributed by atoms with E-state index in [0.29, 0.717) is 13.0 Å². The molecule has 134 valence electrons. The Labute approximate surface area is 156 Å². The molecular formula is C24H27NO. The lowest BCUT2D eigenvalue weighted by molar-refractivity contribution is 0.104. The van der Waals surface area contributed by atoms with Crippen molar-refractivity contribution in [3.8, 4) is 0 Å². The van der Waals surface area contributed by atoms with Gasteiger partial charge < -0.3 is 5.11 Å². The number of aryl methyl sites for hydroxylation is 1. The summed E-state index contributed by atoms with van der Waals surface area (Å²) in [6.07, 6.45) is 0.296. The summed E-state index contributed by atoms with van der Waals surface area (Å²) in [5.74, 6) is 0.